The first-order chi connectivity index (χ1) is 13.3. The molecule has 1 saturated heterocycles. The number of nitrogens with zero attached hydrogens (tertiary/aromatic N) is 1. The minimum Gasteiger partial charge on any atom is -0.481 e. The van der Waals surface area contributed by atoms with E-state index in [1.165, 1.54) is 11.6 Å². The lowest BCUT2D eigenvalue weighted by Gasteiger charge is -2.21. The number of hydrogen-bond acceptors (Lipinski definition) is 3. The van der Waals surface area contributed by atoms with Gasteiger partial charge in [-0.15, -0.1) is 0 Å². The van der Waals surface area contributed by atoms with Crippen molar-refractivity contribution in [3.63, 3.8) is 0 Å². The van der Waals surface area contributed by atoms with E-state index in [9.17, 15) is 13.6 Å². The number of anilines is 1. The standard InChI is InChI=1S/C21H23ClF2N2O2/c1-13-3-4-16(22)9-20(13)26-8-7-15(12-26)11-25-21(27)14(2)28-17-5-6-18(23)19(24)10-17/h3-6,9-10,14-15H,7-8,11-12H2,1-2H3,(H,25,27). The van der Waals surface area contributed by atoms with Crippen LogP contribution in [0.5, 0.6) is 5.75 Å². The average Bonchev–Trinajstić information content (AvgIpc) is 3.13. The summed E-state index contributed by atoms with van der Waals surface area (Å²) < 4.78 is 31.6. The van der Waals surface area contributed by atoms with Gasteiger partial charge in [0.2, 0.25) is 0 Å². The van der Waals surface area contributed by atoms with Crippen LogP contribution in [0.2, 0.25) is 5.02 Å². The molecule has 3 rings (SSSR count). The van der Waals surface area contributed by atoms with Crippen molar-refractivity contribution < 1.29 is 18.3 Å². The van der Waals surface area contributed by atoms with Gasteiger partial charge in [-0.25, -0.2) is 8.78 Å². The number of halogens is 3. The highest BCUT2D eigenvalue weighted by Gasteiger charge is 2.25. The number of benzene rings is 2. The van der Waals surface area contributed by atoms with Crippen molar-refractivity contribution in [3.8, 4) is 5.75 Å². The Morgan fingerprint density at radius 2 is 2.07 bits per heavy atom. The zero-order valence-corrected chi connectivity index (χ0v) is 16.6. The van der Waals surface area contributed by atoms with Crippen LogP contribution < -0.4 is 15.0 Å². The Bertz CT molecular complexity index is 862. The Hall–Kier alpha value is -2.34. The lowest BCUT2D eigenvalue weighted by molar-refractivity contribution is -0.127. The highest BCUT2D eigenvalue weighted by atomic mass is 35.5. The molecule has 0 spiro atoms. The first-order valence-electron chi connectivity index (χ1n) is 9.24. The number of aryl methyl sites for hydroxylation is 1. The summed E-state index contributed by atoms with van der Waals surface area (Å²) in [6.45, 7) is 5.90. The van der Waals surface area contributed by atoms with Crippen LogP contribution in [0.3, 0.4) is 0 Å². The van der Waals surface area contributed by atoms with Crippen molar-refractivity contribution in [2.45, 2.75) is 26.4 Å². The van der Waals surface area contributed by atoms with Crippen molar-refractivity contribution in [3.05, 3.63) is 58.6 Å². The van der Waals surface area contributed by atoms with Crippen LogP contribution in [0, 0.1) is 24.5 Å². The molecule has 2 unspecified atom stereocenters. The van der Waals surface area contributed by atoms with Gasteiger partial charge in [-0.05, 0) is 56.0 Å². The summed E-state index contributed by atoms with van der Waals surface area (Å²) in [5.74, 6) is -1.82. The van der Waals surface area contributed by atoms with Gasteiger partial charge >= 0.3 is 0 Å². The summed E-state index contributed by atoms with van der Waals surface area (Å²) in [6.07, 6.45) is 0.155. The number of nitrogens with one attached hydrogen (secondary N) is 1. The molecule has 150 valence electrons. The van der Waals surface area contributed by atoms with Crippen LogP contribution in [0.4, 0.5) is 14.5 Å². The second-order valence-electron chi connectivity index (χ2n) is 7.11. The molecular formula is C21H23ClF2N2O2. The van der Waals surface area contributed by atoms with Gasteiger partial charge in [0.25, 0.3) is 5.91 Å². The summed E-state index contributed by atoms with van der Waals surface area (Å²) in [5.41, 5.74) is 2.29. The van der Waals surface area contributed by atoms with E-state index in [-0.39, 0.29) is 11.7 Å². The molecule has 0 bridgehead atoms. The summed E-state index contributed by atoms with van der Waals surface area (Å²) in [6, 6.07) is 9.05. The van der Waals surface area contributed by atoms with Crippen molar-refractivity contribution in [1.29, 1.82) is 0 Å². The summed E-state index contributed by atoms with van der Waals surface area (Å²) in [5, 5.41) is 3.59. The third kappa shape index (κ3) is 4.93. The molecule has 4 nitrogen and oxygen atoms in total. The largest absolute Gasteiger partial charge is 0.481 e. The normalized spacial score (nSPS) is 17.5. The van der Waals surface area contributed by atoms with Gasteiger partial charge in [-0.3, -0.25) is 4.79 Å². The molecule has 1 aliphatic heterocycles. The second-order valence-corrected chi connectivity index (χ2v) is 7.55. The smallest absolute Gasteiger partial charge is 0.260 e. The minimum absolute atomic E-state index is 0.116. The second kappa shape index (κ2) is 8.78. The van der Waals surface area contributed by atoms with E-state index >= 15 is 0 Å². The SMILES string of the molecule is Cc1ccc(Cl)cc1N1CCC(CNC(=O)C(C)Oc2ccc(F)c(F)c2)C1. The summed E-state index contributed by atoms with van der Waals surface area (Å²) in [7, 11) is 0. The van der Waals surface area contributed by atoms with Gasteiger partial charge in [0, 0.05) is 36.4 Å². The van der Waals surface area contributed by atoms with Gasteiger partial charge < -0.3 is 15.0 Å². The molecule has 0 radical (unpaired) electrons. The molecule has 28 heavy (non-hydrogen) atoms. The number of carbonyl (C=O) groups is 1. The fourth-order valence-electron chi connectivity index (χ4n) is 3.34. The Labute approximate surface area is 168 Å². The highest BCUT2D eigenvalue weighted by molar-refractivity contribution is 6.30. The first-order valence-corrected chi connectivity index (χ1v) is 9.62. The van der Waals surface area contributed by atoms with Crippen molar-refractivity contribution in [1.82, 2.24) is 5.32 Å². The predicted molar refractivity (Wildman–Crippen MR) is 106 cm³/mol. The number of rotatable bonds is 6. The minimum atomic E-state index is -1.01. The molecule has 7 heteroatoms. The van der Waals surface area contributed by atoms with Gasteiger partial charge in [-0.2, -0.15) is 0 Å². The van der Waals surface area contributed by atoms with Crippen LogP contribution in [0.15, 0.2) is 36.4 Å². The lowest BCUT2D eigenvalue weighted by Crippen LogP contribution is -2.39. The average molecular weight is 409 g/mol. The maximum absolute atomic E-state index is 13.2. The molecule has 1 aliphatic rings. The monoisotopic (exact) mass is 408 g/mol. The van der Waals surface area contributed by atoms with Crippen LogP contribution in [-0.4, -0.2) is 31.6 Å². The molecule has 0 aliphatic carbocycles. The van der Waals surface area contributed by atoms with Crippen molar-refractivity contribution >= 4 is 23.2 Å². The van der Waals surface area contributed by atoms with Crippen LogP contribution in [0.1, 0.15) is 18.9 Å². The van der Waals surface area contributed by atoms with E-state index in [2.05, 4.69) is 17.1 Å². The van der Waals surface area contributed by atoms with E-state index in [0.717, 1.165) is 37.3 Å². The lowest BCUT2D eigenvalue weighted by atomic mass is 10.1. The van der Waals surface area contributed by atoms with E-state index in [4.69, 9.17) is 16.3 Å². The Morgan fingerprint density at radius 1 is 1.29 bits per heavy atom. The first kappa shape index (κ1) is 20.4. The third-order valence-electron chi connectivity index (χ3n) is 4.94. The Balaban J connectivity index is 1.49. The topological polar surface area (TPSA) is 41.6 Å². The van der Waals surface area contributed by atoms with Gasteiger partial charge in [0.1, 0.15) is 5.75 Å². The number of ether oxygens (including phenoxy) is 1. The van der Waals surface area contributed by atoms with Crippen LogP contribution >= 0.6 is 11.6 Å². The van der Waals surface area contributed by atoms with Gasteiger partial charge in [0.05, 0.1) is 0 Å². The zero-order valence-electron chi connectivity index (χ0n) is 15.8. The highest BCUT2D eigenvalue weighted by Crippen LogP contribution is 2.29. The Kier molecular flexibility index (Phi) is 6.39. The molecule has 2 atom stereocenters. The van der Waals surface area contributed by atoms with E-state index in [0.29, 0.717) is 17.5 Å². The number of carbonyl (C=O) groups excluding carboxylic acids is 1. The maximum Gasteiger partial charge on any atom is 0.260 e. The predicted octanol–water partition coefficient (Wildman–Crippen LogP) is 4.34. The summed E-state index contributed by atoms with van der Waals surface area (Å²) in [4.78, 5) is 14.5. The van der Waals surface area contributed by atoms with Crippen molar-refractivity contribution in [2.75, 3.05) is 24.5 Å². The molecule has 0 saturated carbocycles. The molecular weight excluding hydrogens is 386 g/mol. The molecule has 2 aromatic rings. The fourth-order valence-corrected chi connectivity index (χ4v) is 3.50. The molecule has 2 aromatic carbocycles. The molecule has 1 heterocycles. The molecule has 1 amide bonds. The molecule has 0 aromatic heterocycles. The third-order valence-corrected chi connectivity index (χ3v) is 5.17. The van der Waals surface area contributed by atoms with E-state index < -0.39 is 17.7 Å². The number of hydrogen-bond donors (Lipinski definition) is 1. The Morgan fingerprint density at radius 3 is 2.82 bits per heavy atom. The van der Waals surface area contributed by atoms with Gasteiger partial charge in [-0.1, -0.05) is 17.7 Å². The van der Waals surface area contributed by atoms with Crippen molar-refractivity contribution in [2.24, 2.45) is 5.92 Å². The fraction of sp³-hybridized carbons (Fsp3) is 0.381. The molecule has 1 fully saturated rings. The van der Waals surface area contributed by atoms with Crippen LogP contribution in [0.25, 0.3) is 0 Å². The van der Waals surface area contributed by atoms with Gasteiger partial charge in [0.15, 0.2) is 17.7 Å². The number of amides is 1. The summed E-state index contributed by atoms with van der Waals surface area (Å²) >= 11 is 6.11. The quantitative estimate of drug-likeness (QED) is 0.773. The van der Waals surface area contributed by atoms with E-state index in [1.54, 1.807) is 6.92 Å². The molecule has 1 N–H and O–H groups in total. The zero-order chi connectivity index (χ0) is 20.3. The maximum atomic E-state index is 13.2. The van der Waals surface area contributed by atoms with Crippen LogP contribution in [-0.2, 0) is 4.79 Å². The van der Waals surface area contributed by atoms with E-state index in [1.807, 2.05) is 18.2 Å².